The molecule has 1 aromatic carbocycles. The summed E-state index contributed by atoms with van der Waals surface area (Å²) < 4.78 is 10.5. The molecule has 2 aliphatic rings. The average molecular weight is 416 g/mol. The molecule has 3 rings (SSSR count). The number of hydrogen-bond donors (Lipinski definition) is 0. The van der Waals surface area contributed by atoms with E-state index < -0.39 is 30.3 Å². The Labute approximate surface area is 176 Å². The molecule has 1 atom stereocenters. The predicted octanol–water partition coefficient (Wildman–Crippen LogP) is 2.94. The van der Waals surface area contributed by atoms with E-state index in [1.54, 1.807) is 49.9 Å². The minimum atomic E-state index is -0.740. The Morgan fingerprint density at radius 1 is 1.07 bits per heavy atom. The molecule has 0 spiro atoms. The van der Waals surface area contributed by atoms with Gasteiger partial charge in [-0.05, 0) is 64.3 Å². The molecule has 0 aromatic heterocycles. The number of ether oxygens (including phenoxy) is 2. The monoisotopic (exact) mass is 416 g/mol. The van der Waals surface area contributed by atoms with Crippen molar-refractivity contribution in [2.24, 2.45) is 0 Å². The zero-order valence-electron chi connectivity index (χ0n) is 17.7. The van der Waals surface area contributed by atoms with Crippen molar-refractivity contribution in [3.8, 4) is 0 Å². The van der Waals surface area contributed by atoms with Gasteiger partial charge in [0.25, 0.3) is 0 Å². The number of hydrogen-bond acceptors (Lipinski definition) is 6. The molecule has 30 heavy (non-hydrogen) atoms. The Bertz CT molecular complexity index is 827. The van der Waals surface area contributed by atoms with Crippen LogP contribution in [0.2, 0.25) is 0 Å². The normalized spacial score (nSPS) is 19.2. The predicted molar refractivity (Wildman–Crippen MR) is 109 cm³/mol. The molecule has 8 heteroatoms. The maximum Gasteiger partial charge on any atom is 0.411 e. The highest BCUT2D eigenvalue weighted by Crippen LogP contribution is 2.23. The zero-order valence-corrected chi connectivity index (χ0v) is 17.7. The highest BCUT2D eigenvalue weighted by atomic mass is 16.6. The summed E-state index contributed by atoms with van der Waals surface area (Å²) in [5.74, 6) is -0.871. The number of likely N-dealkylation sites (tertiary alicyclic amines) is 1. The molecule has 2 saturated heterocycles. The molecular weight excluding hydrogens is 388 g/mol. The van der Waals surface area contributed by atoms with Crippen LogP contribution >= 0.6 is 0 Å². The number of carbonyl (C=O) groups excluding carboxylic acids is 4. The lowest BCUT2D eigenvalue weighted by Crippen LogP contribution is -2.44. The fourth-order valence-corrected chi connectivity index (χ4v) is 3.62. The second-order valence-corrected chi connectivity index (χ2v) is 8.56. The second kappa shape index (κ2) is 8.85. The van der Waals surface area contributed by atoms with Crippen molar-refractivity contribution in [3.63, 3.8) is 0 Å². The number of esters is 1. The van der Waals surface area contributed by atoms with Crippen LogP contribution in [0.4, 0.5) is 10.5 Å². The first-order valence-electron chi connectivity index (χ1n) is 10.3. The average Bonchev–Trinajstić information content (AvgIpc) is 3.34. The maximum atomic E-state index is 12.5. The van der Waals surface area contributed by atoms with Gasteiger partial charge in [-0.25, -0.2) is 9.59 Å². The summed E-state index contributed by atoms with van der Waals surface area (Å²) >= 11 is 0. The van der Waals surface area contributed by atoms with E-state index in [2.05, 4.69) is 0 Å². The lowest BCUT2D eigenvalue weighted by atomic mass is 10.1. The van der Waals surface area contributed by atoms with Gasteiger partial charge in [0, 0.05) is 30.8 Å². The van der Waals surface area contributed by atoms with E-state index in [1.165, 1.54) is 4.90 Å². The molecule has 0 radical (unpaired) electrons. The Morgan fingerprint density at radius 2 is 1.77 bits per heavy atom. The van der Waals surface area contributed by atoms with Crippen molar-refractivity contribution in [1.29, 1.82) is 0 Å². The van der Waals surface area contributed by atoms with E-state index in [0.717, 1.165) is 12.1 Å². The van der Waals surface area contributed by atoms with Crippen molar-refractivity contribution >= 4 is 29.4 Å². The van der Waals surface area contributed by atoms with Crippen LogP contribution in [0.5, 0.6) is 0 Å². The highest BCUT2D eigenvalue weighted by Gasteiger charge is 2.37. The summed E-state index contributed by atoms with van der Waals surface area (Å²) in [4.78, 5) is 52.0. The molecule has 2 amide bonds. The van der Waals surface area contributed by atoms with E-state index in [1.807, 2.05) is 0 Å². The van der Waals surface area contributed by atoms with Crippen LogP contribution in [-0.4, -0.2) is 60.0 Å². The van der Waals surface area contributed by atoms with Crippen LogP contribution in [0.1, 0.15) is 56.8 Å². The van der Waals surface area contributed by atoms with Gasteiger partial charge in [-0.15, -0.1) is 0 Å². The number of benzene rings is 1. The Balaban J connectivity index is 1.54. The Morgan fingerprint density at radius 3 is 2.37 bits per heavy atom. The molecular formula is C22H28N2O6. The van der Waals surface area contributed by atoms with Crippen LogP contribution in [-0.2, 0) is 19.1 Å². The van der Waals surface area contributed by atoms with Gasteiger partial charge in [0.15, 0.2) is 12.4 Å². The van der Waals surface area contributed by atoms with Crippen LogP contribution < -0.4 is 4.90 Å². The molecule has 1 aromatic rings. The van der Waals surface area contributed by atoms with Gasteiger partial charge in [0.1, 0.15) is 11.6 Å². The van der Waals surface area contributed by atoms with Crippen molar-refractivity contribution in [2.75, 3.05) is 24.6 Å². The minimum Gasteiger partial charge on any atom is -0.456 e. The van der Waals surface area contributed by atoms with Gasteiger partial charge >= 0.3 is 12.1 Å². The number of ketones is 1. The number of amides is 2. The number of Topliss-reactive ketones (excluding diaryl/α,β-unsaturated/α-hetero) is 1. The van der Waals surface area contributed by atoms with Crippen molar-refractivity contribution in [1.82, 2.24) is 4.90 Å². The summed E-state index contributed by atoms with van der Waals surface area (Å²) in [5, 5.41) is 0. The number of rotatable bonds is 5. The van der Waals surface area contributed by atoms with Crippen LogP contribution in [0.25, 0.3) is 0 Å². The lowest BCUT2D eigenvalue weighted by molar-refractivity contribution is -0.147. The number of nitrogens with zero attached hydrogens (tertiary/aromatic N) is 2. The number of carbonyl (C=O) groups is 4. The minimum absolute atomic E-state index is 0.0779. The molecule has 8 nitrogen and oxygen atoms in total. The molecule has 162 valence electrons. The lowest BCUT2D eigenvalue weighted by Gasteiger charge is -2.27. The molecule has 2 heterocycles. The third-order valence-electron chi connectivity index (χ3n) is 5.07. The van der Waals surface area contributed by atoms with E-state index in [9.17, 15) is 19.2 Å². The quantitative estimate of drug-likeness (QED) is 0.541. The summed E-state index contributed by atoms with van der Waals surface area (Å²) in [7, 11) is 0. The topological polar surface area (TPSA) is 93.2 Å². The van der Waals surface area contributed by atoms with Crippen LogP contribution in [0, 0.1) is 0 Å². The van der Waals surface area contributed by atoms with Crippen LogP contribution in [0.3, 0.4) is 0 Å². The maximum absolute atomic E-state index is 12.5. The van der Waals surface area contributed by atoms with E-state index in [4.69, 9.17) is 9.47 Å². The standard InChI is InChI=1S/C22H28N2O6/c1-22(2,3)30-21(28)24-13-4-6-17(24)20(27)29-14-18(25)15-8-10-16(11-9-15)23-12-5-7-19(23)26/h8-11,17H,4-7,12-14H2,1-3H3/t17-/m0/s1. The third-order valence-corrected chi connectivity index (χ3v) is 5.07. The summed E-state index contributed by atoms with van der Waals surface area (Å²) in [6, 6.07) is 5.95. The van der Waals surface area contributed by atoms with E-state index in [-0.39, 0.29) is 11.7 Å². The fourth-order valence-electron chi connectivity index (χ4n) is 3.62. The first kappa shape index (κ1) is 21.8. The summed E-state index contributed by atoms with van der Waals surface area (Å²) in [6.07, 6.45) is 1.96. The van der Waals surface area contributed by atoms with Gasteiger partial charge in [-0.1, -0.05) is 0 Å². The van der Waals surface area contributed by atoms with Crippen molar-refractivity contribution in [2.45, 2.75) is 58.1 Å². The first-order valence-corrected chi connectivity index (χ1v) is 10.3. The third kappa shape index (κ3) is 5.17. The second-order valence-electron chi connectivity index (χ2n) is 8.56. The van der Waals surface area contributed by atoms with Gasteiger partial charge in [-0.2, -0.15) is 0 Å². The molecule has 0 saturated carbocycles. The SMILES string of the molecule is CC(C)(C)OC(=O)N1CCC[C@H]1C(=O)OCC(=O)c1ccc(N2CCCC2=O)cc1. The molecule has 0 bridgehead atoms. The van der Waals surface area contributed by atoms with Crippen molar-refractivity contribution < 1.29 is 28.7 Å². The van der Waals surface area contributed by atoms with Gasteiger partial charge in [0.2, 0.25) is 5.91 Å². The molecule has 0 N–H and O–H groups in total. The van der Waals surface area contributed by atoms with Gasteiger partial charge < -0.3 is 14.4 Å². The van der Waals surface area contributed by atoms with Crippen molar-refractivity contribution in [3.05, 3.63) is 29.8 Å². The van der Waals surface area contributed by atoms with Gasteiger partial charge in [0.05, 0.1) is 0 Å². The van der Waals surface area contributed by atoms with Gasteiger partial charge in [-0.3, -0.25) is 14.5 Å². The smallest absolute Gasteiger partial charge is 0.411 e. The van der Waals surface area contributed by atoms with E-state index in [0.29, 0.717) is 37.9 Å². The summed E-state index contributed by atoms with van der Waals surface area (Å²) in [5.41, 5.74) is 0.495. The number of anilines is 1. The first-order chi connectivity index (χ1) is 14.2. The molecule has 2 aliphatic heterocycles. The Kier molecular flexibility index (Phi) is 6.43. The largest absolute Gasteiger partial charge is 0.456 e. The summed E-state index contributed by atoms with van der Waals surface area (Å²) in [6.45, 7) is 5.98. The molecule has 0 aliphatic carbocycles. The molecule has 0 unspecified atom stereocenters. The highest BCUT2D eigenvalue weighted by molar-refractivity contribution is 6.00. The van der Waals surface area contributed by atoms with Crippen LogP contribution in [0.15, 0.2) is 24.3 Å². The molecule has 2 fully saturated rings. The fraction of sp³-hybridized carbons (Fsp3) is 0.545. The zero-order chi connectivity index (χ0) is 21.9. The van der Waals surface area contributed by atoms with E-state index >= 15 is 0 Å². The Hall–Kier alpha value is -2.90.